The summed E-state index contributed by atoms with van der Waals surface area (Å²) in [5.41, 5.74) is -1.07. The molecule has 2 N–H and O–H groups in total. The average molecular weight is 370 g/mol. The summed E-state index contributed by atoms with van der Waals surface area (Å²) in [6, 6.07) is 10.4. The lowest BCUT2D eigenvalue weighted by Gasteiger charge is -2.30. The first-order valence-electron chi connectivity index (χ1n) is 8.41. The highest BCUT2D eigenvalue weighted by atomic mass is 16.5. The summed E-state index contributed by atoms with van der Waals surface area (Å²) in [5, 5.41) is 18.9. The predicted octanol–water partition coefficient (Wildman–Crippen LogP) is 2.47. The van der Waals surface area contributed by atoms with Crippen molar-refractivity contribution in [3.8, 4) is 11.6 Å². The summed E-state index contributed by atoms with van der Waals surface area (Å²) >= 11 is 0. The van der Waals surface area contributed by atoms with Gasteiger partial charge < -0.3 is 14.9 Å². The Labute approximate surface area is 155 Å². The lowest BCUT2D eigenvalue weighted by Crippen LogP contribution is -2.58. The fraction of sp³-hybridized carbons (Fsp3) is 0.263. The zero-order chi connectivity index (χ0) is 19.6. The van der Waals surface area contributed by atoms with E-state index in [1.165, 1.54) is 18.3 Å². The number of aliphatic carboxylic acids is 2. The van der Waals surface area contributed by atoms with Gasteiger partial charge in [-0.1, -0.05) is 19.1 Å². The van der Waals surface area contributed by atoms with E-state index in [4.69, 9.17) is 4.74 Å². The number of nitrogens with zero attached hydrogens (tertiary/aromatic N) is 2. The minimum Gasteiger partial charge on any atom is -0.479 e. The molecule has 0 bridgehead atoms. The predicted molar refractivity (Wildman–Crippen MR) is 94.9 cm³/mol. The van der Waals surface area contributed by atoms with Crippen LogP contribution in [-0.4, -0.2) is 38.6 Å². The summed E-state index contributed by atoms with van der Waals surface area (Å²) in [5.74, 6) is -2.93. The lowest BCUT2D eigenvalue weighted by atomic mass is 9.96. The molecule has 1 aromatic carbocycles. The number of aryl methyl sites for hydroxylation is 1. The molecule has 140 valence electrons. The van der Waals surface area contributed by atoms with Crippen LogP contribution in [0.3, 0.4) is 0 Å². The molecule has 2 heterocycles. The molecule has 1 saturated heterocycles. The number of amides is 1. The van der Waals surface area contributed by atoms with Crippen LogP contribution in [0.15, 0.2) is 42.6 Å². The van der Waals surface area contributed by atoms with Gasteiger partial charge in [0.2, 0.25) is 17.3 Å². The smallest absolute Gasteiger partial charge is 0.341 e. The Morgan fingerprint density at radius 1 is 1.15 bits per heavy atom. The molecule has 0 aliphatic carbocycles. The number of carbonyl (C=O) groups is 3. The third-order valence-corrected chi connectivity index (χ3v) is 4.57. The van der Waals surface area contributed by atoms with E-state index in [-0.39, 0.29) is 24.4 Å². The number of aromatic nitrogens is 1. The molecule has 2 aromatic rings. The maximum absolute atomic E-state index is 12.2. The molecule has 0 unspecified atom stereocenters. The van der Waals surface area contributed by atoms with Crippen LogP contribution in [0.4, 0.5) is 5.69 Å². The van der Waals surface area contributed by atoms with E-state index in [2.05, 4.69) is 4.98 Å². The maximum Gasteiger partial charge on any atom is 0.341 e. The van der Waals surface area contributed by atoms with Crippen LogP contribution in [0.2, 0.25) is 0 Å². The molecule has 8 heteroatoms. The van der Waals surface area contributed by atoms with Crippen LogP contribution in [0.1, 0.15) is 25.3 Å². The Balaban J connectivity index is 1.86. The average Bonchev–Trinajstić information content (AvgIpc) is 3.02. The van der Waals surface area contributed by atoms with Gasteiger partial charge in [0.25, 0.3) is 0 Å². The van der Waals surface area contributed by atoms with Crippen LogP contribution in [0, 0.1) is 0 Å². The highest BCUT2D eigenvalue weighted by molar-refractivity contribution is 6.17. The van der Waals surface area contributed by atoms with Crippen molar-refractivity contribution in [2.75, 3.05) is 4.90 Å². The number of hydrogen-bond donors (Lipinski definition) is 2. The van der Waals surface area contributed by atoms with Crippen molar-refractivity contribution in [1.29, 1.82) is 0 Å². The van der Waals surface area contributed by atoms with Gasteiger partial charge in [0.05, 0.1) is 11.9 Å². The number of carboxylic acids is 2. The number of pyridine rings is 1. The van der Waals surface area contributed by atoms with Crippen LogP contribution in [-0.2, 0) is 20.8 Å². The van der Waals surface area contributed by atoms with Gasteiger partial charge in [-0.25, -0.2) is 14.6 Å². The molecule has 1 amide bonds. The molecule has 3 rings (SSSR count). The van der Waals surface area contributed by atoms with Crippen molar-refractivity contribution in [2.24, 2.45) is 0 Å². The number of carbonyl (C=O) groups excluding carboxylic acids is 1. The molecule has 0 radical (unpaired) electrons. The summed E-state index contributed by atoms with van der Waals surface area (Å²) in [7, 11) is 0. The van der Waals surface area contributed by atoms with Crippen LogP contribution < -0.4 is 9.64 Å². The second-order valence-corrected chi connectivity index (χ2v) is 6.15. The second kappa shape index (κ2) is 7.06. The first-order chi connectivity index (χ1) is 12.9. The van der Waals surface area contributed by atoms with Crippen molar-refractivity contribution >= 4 is 23.5 Å². The fourth-order valence-electron chi connectivity index (χ4n) is 3.06. The van der Waals surface area contributed by atoms with Crippen molar-refractivity contribution < 1.29 is 29.3 Å². The zero-order valence-corrected chi connectivity index (χ0v) is 14.6. The number of hydrogen-bond acceptors (Lipinski definition) is 5. The van der Waals surface area contributed by atoms with Gasteiger partial charge >= 0.3 is 11.9 Å². The van der Waals surface area contributed by atoms with Crippen LogP contribution >= 0.6 is 0 Å². The summed E-state index contributed by atoms with van der Waals surface area (Å²) in [6.45, 7) is 2.05. The number of ether oxygens (including phenoxy) is 1. The molecule has 1 fully saturated rings. The lowest BCUT2D eigenvalue weighted by molar-refractivity contribution is -0.157. The molecule has 0 atom stereocenters. The Bertz CT molecular complexity index is 862. The normalized spacial score (nSPS) is 15.6. The van der Waals surface area contributed by atoms with Crippen molar-refractivity contribution in [1.82, 2.24) is 4.98 Å². The van der Waals surface area contributed by atoms with Gasteiger partial charge in [0, 0.05) is 18.9 Å². The molecule has 0 spiro atoms. The molecular formula is C19H18N2O6. The van der Waals surface area contributed by atoms with E-state index in [0.717, 1.165) is 16.9 Å². The topological polar surface area (TPSA) is 117 Å². The van der Waals surface area contributed by atoms with Gasteiger partial charge in [0.1, 0.15) is 5.75 Å². The SMILES string of the molecule is CCc1ccc(Oc2ccc(N3C(=O)CCC3(C(=O)O)C(=O)O)cn2)cc1. The Hall–Kier alpha value is -3.42. The largest absolute Gasteiger partial charge is 0.479 e. The van der Waals surface area contributed by atoms with E-state index < -0.39 is 23.4 Å². The first-order valence-corrected chi connectivity index (χ1v) is 8.41. The third kappa shape index (κ3) is 3.21. The van der Waals surface area contributed by atoms with Crippen molar-refractivity contribution in [3.05, 3.63) is 48.2 Å². The van der Waals surface area contributed by atoms with Crippen molar-refractivity contribution in [2.45, 2.75) is 31.7 Å². The summed E-state index contributed by atoms with van der Waals surface area (Å²) in [4.78, 5) is 40.3. The van der Waals surface area contributed by atoms with Crippen LogP contribution in [0.5, 0.6) is 11.6 Å². The van der Waals surface area contributed by atoms with Crippen LogP contribution in [0.25, 0.3) is 0 Å². The summed E-state index contributed by atoms with van der Waals surface area (Å²) in [6.07, 6.45) is 1.67. The highest BCUT2D eigenvalue weighted by Crippen LogP contribution is 2.36. The molecule has 1 aliphatic heterocycles. The quantitative estimate of drug-likeness (QED) is 0.750. The molecule has 0 saturated carbocycles. The second-order valence-electron chi connectivity index (χ2n) is 6.15. The molecule has 1 aliphatic rings. The standard InChI is InChI=1S/C19H18N2O6/c1-2-12-3-6-14(7-4-12)27-15-8-5-13(11-20-15)21-16(22)9-10-19(21,17(23)24)18(25)26/h3-8,11H,2,9-10H2,1H3,(H,23,24)(H,25,26). The Kier molecular flexibility index (Phi) is 4.81. The highest BCUT2D eigenvalue weighted by Gasteiger charge is 2.58. The number of benzene rings is 1. The minimum absolute atomic E-state index is 0.0935. The third-order valence-electron chi connectivity index (χ3n) is 4.57. The minimum atomic E-state index is -2.32. The van der Waals surface area contributed by atoms with Gasteiger partial charge in [-0.2, -0.15) is 0 Å². The van der Waals surface area contributed by atoms with Gasteiger partial charge in [-0.3, -0.25) is 9.69 Å². The number of rotatable bonds is 6. The van der Waals surface area contributed by atoms with Crippen molar-refractivity contribution in [3.63, 3.8) is 0 Å². The van der Waals surface area contributed by atoms with E-state index >= 15 is 0 Å². The van der Waals surface area contributed by atoms with E-state index in [1.54, 1.807) is 12.1 Å². The molecule has 8 nitrogen and oxygen atoms in total. The first kappa shape index (κ1) is 18.4. The monoisotopic (exact) mass is 370 g/mol. The van der Waals surface area contributed by atoms with E-state index in [9.17, 15) is 24.6 Å². The Morgan fingerprint density at radius 3 is 2.33 bits per heavy atom. The van der Waals surface area contributed by atoms with E-state index in [1.807, 2.05) is 19.1 Å². The van der Waals surface area contributed by atoms with Gasteiger partial charge in [0.15, 0.2) is 0 Å². The zero-order valence-electron chi connectivity index (χ0n) is 14.6. The molecular weight excluding hydrogens is 352 g/mol. The molecule has 1 aromatic heterocycles. The summed E-state index contributed by atoms with van der Waals surface area (Å²) < 4.78 is 5.62. The number of carboxylic acid groups (broad SMARTS) is 2. The van der Waals surface area contributed by atoms with E-state index in [0.29, 0.717) is 5.75 Å². The maximum atomic E-state index is 12.2. The molecule has 27 heavy (non-hydrogen) atoms. The van der Waals surface area contributed by atoms with Gasteiger partial charge in [-0.05, 0) is 30.2 Å². The van der Waals surface area contributed by atoms with Gasteiger partial charge in [-0.15, -0.1) is 0 Å². The Morgan fingerprint density at radius 2 is 1.81 bits per heavy atom. The fourth-order valence-corrected chi connectivity index (χ4v) is 3.06. The number of anilines is 1.